The van der Waals surface area contributed by atoms with Crippen molar-refractivity contribution >= 4 is 16.8 Å². The van der Waals surface area contributed by atoms with Crippen LogP contribution in [0.3, 0.4) is 0 Å². The van der Waals surface area contributed by atoms with Crippen LogP contribution in [0, 0.1) is 0 Å². The highest BCUT2D eigenvalue weighted by Crippen LogP contribution is 2.21. The van der Waals surface area contributed by atoms with Crippen LogP contribution in [0.25, 0.3) is 22.3 Å². The molecule has 4 aromatic rings. The van der Waals surface area contributed by atoms with E-state index >= 15 is 0 Å². The lowest BCUT2D eigenvalue weighted by Crippen LogP contribution is -2.49. The number of amides is 1. The number of fused-ring (bicyclic) bond motifs is 1. The van der Waals surface area contributed by atoms with Crippen LogP contribution in [-0.2, 0) is 6.42 Å². The van der Waals surface area contributed by atoms with E-state index in [0.29, 0.717) is 31.7 Å². The van der Waals surface area contributed by atoms with Crippen molar-refractivity contribution in [3.8, 4) is 11.4 Å². The molecule has 0 saturated carbocycles. The van der Waals surface area contributed by atoms with Gasteiger partial charge in [-0.25, -0.2) is 9.97 Å². The number of carbonyl (C=O) groups excluding carboxylic acids is 1. The Morgan fingerprint density at radius 3 is 2.64 bits per heavy atom. The third-order valence-corrected chi connectivity index (χ3v) is 5.99. The van der Waals surface area contributed by atoms with Gasteiger partial charge in [0.25, 0.3) is 5.91 Å². The number of carbonyl (C=O) groups is 1. The number of aromatic nitrogens is 4. The summed E-state index contributed by atoms with van der Waals surface area (Å²) < 4.78 is 0. The van der Waals surface area contributed by atoms with Gasteiger partial charge in [-0.2, -0.15) is 0 Å². The van der Waals surface area contributed by atoms with E-state index in [1.807, 2.05) is 47.4 Å². The topological polar surface area (TPSA) is 98.2 Å². The molecule has 0 bridgehead atoms. The van der Waals surface area contributed by atoms with Crippen molar-refractivity contribution in [2.45, 2.75) is 6.42 Å². The molecule has 1 fully saturated rings. The second-order valence-electron chi connectivity index (χ2n) is 8.21. The molecule has 1 aliphatic heterocycles. The molecule has 4 heterocycles. The normalized spacial score (nSPS) is 14.6. The summed E-state index contributed by atoms with van der Waals surface area (Å²) in [5, 5.41) is 10.1. The quantitative estimate of drug-likeness (QED) is 0.476. The number of aliphatic hydroxyl groups is 1. The predicted octanol–water partition coefficient (Wildman–Crippen LogP) is 2.36. The summed E-state index contributed by atoms with van der Waals surface area (Å²) >= 11 is 0. The van der Waals surface area contributed by atoms with Gasteiger partial charge in [0, 0.05) is 62.4 Å². The third-order valence-electron chi connectivity index (χ3n) is 5.99. The minimum Gasteiger partial charge on any atom is -0.395 e. The van der Waals surface area contributed by atoms with E-state index in [0.717, 1.165) is 46.8 Å². The Kier molecular flexibility index (Phi) is 6.10. The number of H-pyrrole nitrogens is 1. The minimum absolute atomic E-state index is 0.0165. The zero-order valence-electron chi connectivity index (χ0n) is 18.3. The standard InChI is InChI=1S/C25H26N6O2/c32-14-13-30-9-11-31(12-10-30)25(33)23-17-19-15-18(4-5-20(19)28-23)16-24-27-8-6-22(29-24)21-3-1-2-7-26-21/h1-8,15,17,28,32H,9-14,16H2. The molecule has 1 aliphatic rings. The maximum absolute atomic E-state index is 13.0. The van der Waals surface area contributed by atoms with Crippen LogP contribution in [0.15, 0.2) is 60.9 Å². The van der Waals surface area contributed by atoms with Crippen LogP contribution in [0.4, 0.5) is 0 Å². The third kappa shape index (κ3) is 4.76. The number of β-amino-alcohol motifs (C(OH)–C–C–N with tert-alkyl or cyclic N) is 1. The van der Waals surface area contributed by atoms with Gasteiger partial charge in [0.1, 0.15) is 11.5 Å². The van der Waals surface area contributed by atoms with E-state index in [9.17, 15) is 4.79 Å². The summed E-state index contributed by atoms with van der Waals surface area (Å²) in [4.78, 5) is 33.8. The van der Waals surface area contributed by atoms with Crippen molar-refractivity contribution in [3.63, 3.8) is 0 Å². The molecule has 2 N–H and O–H groups in total. The maximum atomic E-state index is 13.0. The number of aliphatic hydroxyl groups excluding tert-OH is 1. The van der Waals surface area contributed by atoms with E-state index in [4.69, 9.17) is 5.11 Å². The van der Waals surface area contributed by atoms with Gasteiger partial charge in [-0.05, 0) is 42.0 Å². The molecule has 0 aliphatic carbocycles. The van der Waals surface area contributed by atoms with Gasteiger partial charge in [-0.1, -0.05) is 12.1 Å². The van der Waals surface area contributed by atoms with Gasteiger partial charge < -0.3 is 15.0 Å². The molecule has 5 rings (SSSR count). The molecule has 168 valence electrons. The van der Waals surface area contributed by atoms with Gasteiger partial charge >= 0.3 is 0 Å². The monoisotopic (exact) mass is 442 g/mol. The van der Waals surface area contributed by atoms with E-state index in [1.165, 1.54) is 0 Å². The fraction of sp³-hybridized carbons (Fsp3) is 0.280. The Labute approximate surface area is 191 Å². The molecule has 0 atom stereocenters. The molecule has 33 heavy (non-hydrogen) atoms. The van der Waals surface area contributed by atoms with Gasteiger partial charge in [-0.3, -0.25) is 14.7 Å². The first-order chi connectivity index (χ1) is 16.2. The zero-order chi connectivity index (χ0) is 22.6. The first kappa shape index (κ1) is 21.2. The van der Waals surface area contributed by atoms with E-state index in [2.05, 4.69) is 30.9 Å². The summed E-state index contributed by atoms with van der Waals surface area (Å²) in [6.45, 7) is 3.72. The molecule has 0 radical (unpaired) electrons. The fourth-order valence-electron chi connectivity index (χ4n) is 4.22. The number of hydrogen-bond donors (Lipinski definition) is 2. The average Bonchev–Trinajstić information content (AvgIpc) is 3.28. The van der Waals surface area contributed by atoms with Crippen molar-refractivity contribution in [1.29, 1.82) is 0 Å². The molecular formula is C25H26N6O2. The highest BCUT2D eigenvalue weighted by atomic mass is 16.3. The molecule has 0 unspecified atom stereocenters. The number of hydrogen-bond acceptors (Lipinski definition) is 6. The Morgan fingerprint density at radius 2 is 1.85 bits per heavy atom. The summed E-state index contributed by atoms with van der Waals surface area (Å²) in [7, 11) is 0. The summed E-state index contributed by atoms with van der Waals surface area (Å²) in [6, 6.07) is 15.7. The Bertz CT molecular complexity index is 1250. The first-order valence-corrected chi connectivity index (χ1v) is 11.2. The maximum Gasteiger partial charge on any atom is 0.270 e. The molecule has 1 amide bonds. The second kappa shape index (κ2) is 9.48. The second-order valence-corrected chi connectivity index (χ2v) is 8.21. The van der Waals surface area contributed by atoms with Gasteiger partial charge in [0.2, 0.25) is 0 Å². The van der Waals surface area contributed by atoms with Crippen molar-refractivity contribution in [2.75, 3.05) is 39.3 Å². The number of aromatic amines is 1. The van der Waals surface area contributed by atoms with Gasteiger partial charge in [-0.15, -0.1) is 0 Å². The predicted molar refractivity (Wildman–Crippen MR) is 126 cm³/mol. The molecule has 8 heteroatoms. The highest BCUT2D eigenvalue weighted by Gasteiger charge is 2.23. The lowest BCUT2D eigenvalue weighted by atomic mass is 10.1. The van der Waals surface area contributed by atoms with Crippen LogP contribution in [0.5, 0.6) is 0 Å². The number of nitrogens with zero attached hydrogens (tertiary/aromatic N) is 5. The lowest BCUT2D eigenvalue weighted by molar-refractivity contribution is 0.0610. The SMILES string of the molecule is O=C(c1cc2cc(Cc3nccc(-c4ccccn4)n3)ccc2[nH]1)N1CCN(CCO)CC1. The van der Waals surface area contributed by atoms with Crippen LogP contribution >= 0.6 is 0 Å². The number of nitrogens with one attached hydrogen (secondary N) is 1. The minimum atomic E-state index is 0.0165. The van der Waals surface area contributed by atoms with Crippen LogP contribution in [0.1, 0.15) is 21.9 Å². The number of piperazine rings is 1. The van der Waals surface area contributed by atoms with Gasteiger partial charge in [0.15, 0.2) is 0 Å². The Morgan fingerprint density at radius 1 is 0.970 bits per heavy atom. The molecule has 3 aromatic heterocycles. The van der Waals surface area contributed by atoms with E-state index in [1.54, 1.807) is 12.4 Å². The molecule has 8 nitrogen and oxygen atoms in total. The van der Waals surface area contributed by atoms with Crippen LogP contribution < -0.4 is 0 Å². The molecular weight excluding hydrogens is 416 g/mol. The number of benzene rings is 1. The molecule has 1 aromatic carbocycles. The van der Waals surface area contributed by atoms with Gasteiger partial charge in [0.05, 0.1) is 18.0 Å². The Hall–Kier alpha value is -3.62. The fourth-order valence-corrected chi connectivity index (χ4v) is 4.22. The molecule has 1 saturated heterocycles. The van der Waals surface area contributed by atoms with Crippen LogP contribution in [0.2, 0.25) is 0 Å². The van der Waals surface area contributed by atoms with Crippen molar-refractivity contribution < 1.29 is 9.90 Å². The van der Waals surface area contributed by atoms with E-state index in [-0.39, 0.29) is 12.5 Å². The van der Waals surface area contributed by atoms with E-state index < -0.39 is 0 Å². The molecule has 0 spiro atoms. The smallest absolute Gasteiger partial charge is 0.270 e. The van der Waals surface area contributed by atoms with Crippen LogP contribution in [-0.4, -0.2) is 80.1 Å². The number of rotatable bonds is 6. The summed E-state index contributed by atoms with van der Waals surface area (Å²) in [5.74, 6) is 0.743. The van der Waals surface area contributed by atoms with Crippen molar-refractivity contribution in [3.05, 3.63) is 78.0 Å². The number of pyridine rings is 1. The average molecular weight is 443 g/mol. The largest absolute Gasteiger partial charge is 0.395 e. The first-order valence-electron chi connectivity index (χ1n) is 11.2. The van der Waals surface area contributed by atoms with Crippen molar-refractivity contribution in [1.82, 2.24) is 29.7 Å². The zero-order valence-corrected chi connectivity index (χ0v) is 18.3. The Balaban J connectivity index is 1.30. The lowest BCUT2D eigenvalue weighted by Gasteiger charge is -2.34. The van der Waals surface area contributed by atoms with Crippen molar-refractivity contribution in [2.24, 2.45) is 0 Å². The summed E-state index contributed by atoms with van der Waals surface area (Å²) in [5.41, 5.74) is 4.24. The summed E-state index contributed by atoms with van der Waals surface area (Å²) in [6.07, 6.45) is 4.11. The highest BCUT2D eigenvalue weighted by molar-refractivity contribution is 5.98.